The molecule has 4 nitrogen and oxygen atoms in total. The van der Waals surface area contributed by atoms with Crippen LogP contribution < -0.4 is 0 Å². The van der Waals surface area contributed by atoms with Gasteiger partial charge in [0.2, 0.25) is 0 Å². The molecule has 0 aliphatic rings. The highest BCUT2D eigenvalue weighted by atomic mass is 16.6. The minimum absolute atomic E-state index is 0.127. The zero-order valence-corrected chi connectivity index (χ0v) is 19.4. The van der Waals surface area contributed by atoms with Crippen LogP contribution in [0.4, 0.5) is 0 Å². The molecule has 0 heterocycles. The lowest BCUT2D eigenvalue weighted by atomic mass is 9.98. The van der Waals surface area contributed by atoms with E-state index >= 15 is 0 Å². The number of carbonyl (C=O) groups is 2. The zero-order chi connectivity index (χ0) is 22.3. The predicted octanol–water partition coefficient (Wildman–Crippen LogP) is 5.90. The van der Waals surface area contributed by atoms with E-state index in [4.69, 9.17) is 9.47 Å². The van der Waals surface area contributed by atoms with Gasteiger partial charge in [0.1, 0.15) is 11.2 Å². The smallest absolute Gasteiger partial charge is 0.338 e. The van der Waals surface area contributed by atoms with Crippen molar-refractivity contribution in [1.82, 2.24) is 0 Å². The normalized spacial score (nSPS) is 11.4. The van der Waals surface area contributed by atoms with Crippen LogP contribution in [0.3, 0.4) is 0 Å². The fraction of sp³-hybridized carbons (Fsp3) is 0.583. The Morgan fingerprint density at radius 1 is 1.04 bits per heavy atom. The van der Waals surface area contributed by atoms with E-state index in [-0.39, 0.29) is 11.8 Å². The van der Waals surface area contributed by atoms with Gasteiger partial charge in [0.05, 0.1) is 12.2 Å². The van der Waals surface area contributed by atoms with Crippen LogP contribution in [0.2, 0.25) is 0 Å². The van der Waals surface area contributed by atoms with E-state index in [1.807, 2.05) is 60.6 Å². The van der Waals surface area contributed by atoms with Gasteiger partial charge in [-0.25, -0.2) is 4.79 Å². The second kappa shape index (κ2) is 10.6. The van der Waals surface area contributed by atoms with Crippen molar-refractivity contribution in [3.05, 3.63) is 46.5 Å². The van der Waals surface area contributed by atoms with Crippen molar-refractivity contribution in [2.75, 3.05) is 6.61 Å². The summed E-state index contributed by atoms with van der Waals surface area (Å²) in [5.41, 5.74) is 2.44. The molecule has 0 saturated carbocycles. The largest absolute Gasteiger partial charge is 0.456 e. The highest BCUT2D eigenvalue weighted by Crippen LogP contribution is 2.23. The molecule has 158 valence electrons. The van der Waals surface area contributed by atoms with E-state index in [1.54, 1.807) is 20.8 Å². The number of aryl methyl sites for hydroxylation is 2. The standard InChI is InChI=1S/C22H32O4.C2H6/c1-14(2)19(23)22(8,9)25-11-10-21(6,7)26-20(24)18-13-15(3)12-16(4)17(18)5;1-2/h12-13H,1,10-11H2,2-9H3;1-2H3. The van der Waals surface area contributed by atoms with Gasteiger partial charge in [-0.2, -0.15) is 0 Å². The first kappa shape index (κ1) is 26.1. The van der Waals surface area contributed by atoms with Crippen molar-refractivity contribution in [1.29, 1.82) is 0 Å². The van der Waals surface area contributed by atoms with E-state index in [9.17, 15) is 9.59 Å². The molecule has 0 fully saturated rings. The summed E-state index contributed by atoms with van der Waals surface area (Å²) in [6.07, 6.45) is 0.482. The lowest BCUT2D eigenvalue weighted by molar-refractivity contribution is -0.138. The maximum atomic E-state index is 12.6. The zero-order valence-electron chi connectivity index (χ0n) is 19.4. The first-order chi connectivity index (χ1) is 12.8. The highest BCUT2D eigenvalue weighted by Gasteiger charge is 2.31. The SMILES string of the molecule is C=C(C)C(=O)C(C)(C)OCCC(C)(C)OC(=O)c1cc(C)cc(C)c1C.CC. The number of Topliss-reactive ketones (excluding diaryl/α,β-unsaturated/α-hetero) is 1. The molecule has 4 heteroatoms. The van der Waals surface area contributed by atoms with Gasteiger partial charge < -0.3 is 9.47 Å². The summed E-state index contributed by atoms with van der Waals surface area (Å²) in [5.74, 6) is -0.463. The second-order valence-corrected chi connectivity index (χ2v) is 8.12. The molecule has 1 aromatic carbocycles. The van der Waals surface area contributed by atoms with Crippen LogP contribution in [0.5, 0.6) is 0 Å². The molecule has 0 spiro atoms. The van der Waals surface area contributed by atoms with Gasteiger partial charge in [-0.3, -0.25) is 4.79 Å². The van der Waals surface area contributed by atoms with Gasteiger partial charge in [0.25, 0.3) is 0 Å². The Hall–Kier alpha value is -1.94. The molecular formula is C24H38O4. The van der Waals surface area contributed by atoms with Crippen LogP contribution in [-0.2, 0) is 14.3 Å². The lowest BCUT2D eigenvalue weighted by Gasteiger charge is -2.29. The number of ketones is 1. The molecule has 0 aliphatic carbocycles. The third kappa shape index (κ3) is 7.59. The third-order valence-corrected chi connectivity index (χ3v) is 4.50. The predicted molar refractivity (Wildman–Crippen MR) is 116 cm³/mol. The Kier molecular flexibility index (Phi) is 9.83. The van der Waals surface area contributed by atoms with Gasteiger partial charge >= 0.3 is 5.97 Å². The average molecular weight is 391 g/mol. The molecule has 0 unspecified atom stereocenters. The minimum atomic E-state index is -0.934. The Morgan fingerprint density at radius 3 is 2.07 bits per heavy atom. The van der Waals surface area contributed by atoms with Crippen LogP contribution in [0, 0.1) is 20.8 Å². The van der Waals surface area contributed by atoms with Gasteiger partial charge in [-0.1, -0.05) is 26.5 Å². The quantitative estimate of drug-likeness (QED) is 0.409. The van der Waals surface area contributed by atoms with Gasteiger partial charge in [-0.05, 0) is 83.7 Å². The van der Waals surface area contributed by atoms with Crippen molar-refractivity contribution >= 4 is 11.8 Å². The van der Waals surface area contributed by atoms with E-state index in [1.165, 1.54) is 0 Å². The Bertz CT molecular complexity index is 712. The number of benzene rings is 1. The van der Waals surface area contributed by atoms with Gasteiger partial charge in [0, 0.05) is 6.42 Å². The maximum Gasteiger partial charge on any atom is 0.338 e. The topological polar surface area (TPSA) is 52.6 Å². The molecule has 1 rings (SSSR count). The van der Waals surface area contributed by atoms with Crippen molar-refractivity contribution in [3.8, 4) is 0 Å². The molecule has 0 aromatic heterocycles. The van der Waals surface area contributed by atoms with E-state index in [0.717, 1.165) is 16.7 Å². The molecule has 0 N–H and O–H groups in total. The summed E-state index contributed by atoms with van der Waals surface area (Å²) in [6, 6.07) is 3.90. The van der Waals surface area contributed by atoms with Crippen molar-refractivity contribution in [3.63, 3.8) is 0 Å². The molecule has 0 bridgehead atoms. The summed E-state index contributed by atoms with van der Waals surface area (Å²) in [4.78, 5) is 24.7. The van der Waals surface area contributed by atoms with Crippen LogP contribution in [0.1, 0.15) is 81.9 Å². The van der Waals surface area contributed by atoms with Crippen LogP contribution >= 0.6 is 0 Å². The van der Waals surface area contributed by atoms with Crippen LogP contribution in [0.15, 0.2) is 24.3 Å². The molecule has 0 aliphatic heterocycles. The molecule has 0 amide bonds. The average Bonchev–Trinajstić information content (AvgIpc) is 2.58. The minimum Gasteiger partial charge on any atom is -0.456 e. The molecule has 0 radical (unpaired) electrons. The van der Waals surface area contributed by atoms with E-state index in [0.29, 0.717) is 24.2 Å². The highest BCUT2D eigenvalue weighted by molar-refractivity contribution is 6.00. The number of rotatable bonds is 8. The van der Waals surface area contributed by atoms with Crippen molar-refractivity contribution < 1.29 is 19.1 Å². The summed E-state index contributed by atoms with van der Waals surface area (Å²) in [5, 5.41) is 0. The van der Waals surface area contributed by atoms with E-state index < -0.39 is 11.2 Å². The van der Waals surface area contributed by atoms with Crippen LogP contribution in [-0.4, -0.2) is 29.6 Å². The van der Waals surface area contributed by atoms with Crippen LogP contribution in [0.25, 0.3) is 0 Å². The molecule has 1 aromatic rings. The second-order valence-electron chi connectivity index (χ2n) is 8.12. The van der Waals surface area contributed by atoms with Crippen molar-refractivity contribution in [2.45, 2.75) is 86.9 Å². The third-order valence-electron chi connectivity index (χ3n) is 4.50. The number of esters is 1. The molecule has 0 atom stereocenters. The van der Waals surface area contributed by atoms with E-state index in [2.05, 4.69) is 6.58 Å². The Morgan fingerprint density at radius 2 is 1.57 bits per heavy atom. The summed E-state index contributed by atoms with van der Waals surface area (Å²) < 4.78 is 11.5. The Balaban J connectivity index is 0.00000352. The first-order valence-electron chi connectivity index (χ1n) is 9.92. The molecular weight excluding hydrogens is 352 g/mol. The number of hydrogen-bond acceptors (Lipinski definition) is 4. The number of hydrogen-bond donors (Lipinski definition) is 0. The monoisotopic (exact) mass is 390 g/mol. The number of carbonyl (C=O) groups excluding carboxylic acids is 2. The van der Waals surface area contributed by atoms with Gasteiger partial charge in [-0.15, -0.1) is 0 Å². The number of ether oxygens (including phenoxy) is 2. The van der Waals surface area contributed by atoms with Crippen molar-refractivity contribution in [2.24, 2.45) is 0 Å². The molecule has 0 saturated heterocycles. The fourth-order valence-corrected chi connectivity index (χ4v) is 2.74. The summed E-state index contributed by atoms with van der Waals surface area (Å²) >= 11 is 0. The molecule has 28 heavy (non-hydrogen) atoms. The summed E-state index contributed by atoms with van der Waals surface area (Å²) in [6.45, 7) is 22.7. The Labute approximate surface area is 171 Å². The first-order valence-corrected chi connectivity index (χ1v) is 9.92. The summed E-state index contributed by atoms with van der Waals surface area (Å²) in [7, 11) is 0. The lowest BCUT2D eigenvalue weighted by Crippen LogP contribution is -2.38. The fourth-order valence-electron chi connectivity index (χ4n) is 2.74. The maximum absolute atomic E-state index is 12.6. The van der Waals surface area contributed by atoms with Gasteiger partial charge in [0.15, 0.2) is 5.78 Å².